The maximum absolute atomic E-state index is 13.8. The predicted octanol–water partition coefficient (Wildman–Crippen LogP) is 7.70. The Balaban J connectivity index is 1.43. The molecule has 0 bridgehead atoms. The molecule has 41 heavy (non-hydrogen) atoms. The molecule has 1 N–H and O–H groups in total. The molecule has 8 heteroatoms. The number of carbonyl (C=O) groups excluding carboxylic acids is 2. The summed E-state index contributed by atoms with van der Waals surface area (Å²) in [7, 11) is 0. The largest absolute Gasteiger partial charge is 0.325 e. The molecule has 3 aromatic rings. The van der Waals surface area contributed by atoms with E-state index < -0.39 is 23.7 Å². The molecule has 1 heterocycles. The summed E-state index contributed by atoms with van der Waals surface area (Å²) in [5.74, 6) is -5.17. The zero-order chi connectivity index (χ0) is 29.3. The van der Waals surface area contributed by atoms with Crippen molar-refractivity contribution in [2.75, 3.05) is 5.32 Å². The van der Waals surface area contributed by atoms with E-state index in [1.54, 1.807) is 6.92 Å². The minimum atomic E-state index is -3.06. The second kappa shape index (κ2) is 11.4. The molecule has 210 valence electrons. The van der Waals surface area contributed by atoms with Crippen molar-refractivity contribution in [1.29, 1.82) is 0 Å². The summed E-state index contributed by atoms with van der Waals surface area (Å²) in [6, 6.07) is 23.1. The lowest BCUT2D eigenvalue weighted by Crippen LogP contribution is -2.36. The average Bonchev–Trinajstić information content (AvgIpc) is 3.24. The van der Waals surface area contributed by atoms with Crippen LogP contribution in [0.5, 0.6) is 0 Å². The number of hydrogen-bond acceptors (Lipinski definition) is 3. The van der Waals surface area contributed by atoms with Gasteiger partial charge in [-0.1, -0.05) is 79.2 Å². The van der Waals surface area contributed by atoms with Crippen molar-refractivity contribution in [2.24, 2.45) is 22.9 Å². The van der Waals surface area contributed by atoms with Gasteiger partial charge >= 0.3 is 0 Å². The van der Waals surface area contributed by atoms with Crippen LogP contribution in [0.25, 0.3) is 5.57 Å². The van der Waals surface area contributed by atoms with Crippen LogP contribution in [0.4, 0.5) is 14.5 Å². The van der Waals surface area contributed by atoms with Gasteiger partial charge < -0.3 is 5.32 Å². The predicted molar refractivity (Wildman–Crippen MR) is 158 cm³/mol. The zero-order valence-corrected chi connectivity index (χ0v) is 23.7. The van der Waals surface area contributed by atoms with Crippen LogP contribution >= 0.6 is 11.6 Å². The molecule has 3 atom stereocenters. The minimum Gasteiger partial charge on any atom is -0.325 e. The van der Waals surface area contributed by atoms with Crippen molar-refractivity contribution < 1.29 is 18.4 Å². The molecule has 0 spiro atoms. The highest BCUT2D eigenvalue weighted by Crippen LogP contribution is 2.39. The fourth-order valence-electron chi connectivity index (χ4n) is 5.31. The molecular weight excluding hydrogens is 544 g/mol. The number of alkyl halides is 2. The number of hydrogen-bond donors (Lipinski definition) is 1. The van der Waals surface area contributed by atoms with Crippen LogP contribution in [0.2, 0.25) is 5.02 Å². The molecule has 5 rings (SSSR count). The van der Waals surface area contributed by atoms with Gasteiger partial charge in [-0.15, -0.1) is 0 Å². The normalized spacial score (nSPS) is 20.8. The molecule has 0 radical (unpaired) electrons. The first-order valence-electron chi connectivity index (χ1n) is 13.4. The van der Waals surface area contributed by atoms with Crippen LogP contribution in [0, 0.1) is 17.8 Å². The third kappa shape index (κ3) is 6.15. The molecule has 3 unspecified atom stereocenters. The Morgan fingerprint density at radius 3 is 2.44 bits per heavy atom. The minimum absolute atomic E-state index is 0.0426. The van der Waals surface area contributed by atoms with E-state index in [1.807, 2.05) is 66.7 Å². The van der Waals surface area contributed by atoms with E-state index in [1.165, 1.54) is 29.3 Å². The van der Waals surface area contributed by atoms with Gasteiger partial charge in [0.25, 0.3) is 11.8 Å². The van der Waals surface area contributed by atoms with Gasteiger partial charge in [0, 0.05) is 23.2 Å². The van der Waals surface area contributed by atoms with Crippen LogP contribution < -0.4 is 5.32 Å². The fourth-order valence-corrected chi connectivity index (χ4v) is 5.43. The van der Waals surface area contributed by atoms with E-state index in [9.17, 15) is 18.4 Å². The number of amides is 2. The average molecular weight is 574 g/mol. The Morgan fingerprint density at radius 2 is 1.76 bits per heavy atom. The molecule has 0 fully saturated rings. The Hall–Kier alpha value is -4.10. The van der Waals surface area contributed by atoms with Crippen molar-refractivity contribution in [1.82, 2.24) is 5.01 Å². The Kier molecular flexibility index (Phi) is 7.91. The van der Waals surface area contributed by atoms with Crippen molar-refractivity contribution in [3.63, 3.8) is 0 Å². The molecule has 1 aliphatic heterocycles. The summed E-state index contributed by atoms with van der Waals surface area (Å²) in [4.78, 5) is 26.9. The van der Waals surface area contributed by atoms with Gasteiger partial charge in [0.15, 0.2) is 5.92 Å². The maximum Gasteiger partial charge on any atom is 0.270 e. The lowest BCUT2D eigenvalue weighted by molar-refractivity contribution is -0.134. The maximum atomic E-state index is 13.8. The number of allylic oxidation sites excluding steroid dienone is 3. The van der Waals surface area contributed by atoms with Gasteiger partial charge in [-0.2, -0.15) is 5.10 Å². The van der Waals surface area contributed by atoms with Gasteiger partial charge in [0.05, 0.1) is 11.4 Å². The molecule has 0 aromatic heterocycles. The smallest absolute Gasteiger partial charge is 0.270 e. The molecule has 0 saturated heterocycles. The third-order valence-electron chi connectivity index (χ3n) is 7.59. The SMILES string of the molecule is CC1=NN(C2=CC(Cc3ccc(Cl)cc3)C(C)C(c3ccccc3)=C2)C(=O)C1C(=O)Nc1cccc(C(C)(F)F)c1. The van der Waals surface area contributed by atoms with Crippen LogP contribution in [0.1, 0.15) is 37.5 Å². The Morgan fingerprint density at radius 1 is 1.05 bits per heavy atom. The molecule has 2 amide bonds. The highest BCUT2D eigenvalue weighted by Gasteiger charge is 2.41. The Labute approximate surface area is 243 Å². The standard InChI is InChI=1S/C33H30ClF2N3O2/c1-20-24(16-22-12-14-26(34)15-13-22)17-28(19-29(20)23-8-5-4-6-9-23)39-32(41)30(21(2)38-39)31(40)37-27-11-7-10-25(18-27)33(3,35)36/h4-15,17-20,24,30H,16H2,1-3H3,(H,37,40). The first kappa shape index (κ1) is 28.4. The summed E-state index contributed by atoms with van der Waals surface area (Å²) in [6.45, 7) is 4.58. The number of halogens is 3. The highest BCUT2D eigenvalue weighted by molar-refractivity contribution is 6.30. The number of carbonyl (C=O) groups is 2. The molecule has 3 aromatic carbocycles. The van der Waals surface area contributed by atoms with Crippen LogP contribution in [0.3, 0.4) is 0 Å². The number of nitrogens with one attached hydrogen (secondary N) is 1. The third-order valence-corrected chi connectivity index (χ3v) is 7.84. The first-order valence-corrected chi connectivity index (χ1v) is 13.8. The van der Waals surface area contributed by atoms with E-state index in [0.29, 0.717) is 16.4 Å². The van der Waals surface area contributed by atoms with Crippen LogP contribution in [-0.4, -0.2) is 22.5 Å². The summed E-state index contributed by atoms with van der Waals surface area (Å²) < 4.78 is 27.6. The topological polar surface area (TPSA) is 61.8 Å². The van der Waals surface area contributed by atoms with E-state index in [4.69, 9.17) is 11.6 Å². The molecular formula is C33H30ClF2N3O2. The number of benzene rings is 3. The summed E-state index contributed by atoms with van der Waals surface area (Å²) in [5, 5.41) is 9.07. The number of anilines is 1. The molecule has 2 aliphatic rings. The quantitative estimate of drug-likeness (QED) is 0.294. The second-order valence-corrected chi connectivity index (χ2v) is 11.1. The van der Waals surface area contributed by atoms with Crippen molar-refractivity contribution in [2.45, 2.75) is 33.1 Å². The number of rotatable bonds is 7. The monoisotopic (exact) mass is 573 g/mol. The lowest BCUT2D eigenvalue weighted by Gasteiger charge is -2.31. The van der Waals surface area contributed by atoms with Gasteiger partial charge in [-0.3, -0.25) is 9.59 Å². The van der Waals surface area contributed by atoms with Crippen molar-refractivity contribution >= 4 is 40.4 Å². The van der Waals surface area contributed by atoms with Gasteiger partial charge in [-0.25, -0.2) is 13.8 Å². The van der Waals surface area contributed by atoms with Gasteiger partial charge in [0.1, 0.15) is 0 Å². The number of nitrogens with zero attached hydrogens (tertiary/aromatic N) is 2. The fraction of sp³-hybridized carbons (Fsp3) is 0.242. The molecule has 5 nitrogen and oxygen atoms in total. The van der Waals surface area contributed by atoms with Crippen LogP contribution in [-0.2, 0) is 21.9 Å². The number of hydrazone groups is 1. The zero-order valence-electron chi connectivity index (χ0n) is 22.9. The molecule has 0 saturated carbocycles. The summed E-state index contributed by atoms with van der Waals surface area (Å²) >= 11 is 6.10. The van der Waals surface area contributed by atoms with Crippen molar-refractivity contribution in [3.05, 3.63) is 118 Å². The first-order chi connectivity index (χ1) is 19.5. The Bertz CT molecular complexity index is 1560. The van der Waals surface area contributed by atoms with Crippen molar-refractivity contribution in [3.8, 4) is 0 Å². The molecule has 1 aliphatic carbocycles. The summed E-state index contributed by atoms with van der Waals surface area (Å²) in [6.07, 6.45) is 4.71. The highest BCUT2D eigenvalue weighted by atomic mass is 35.5. The van der Waals surface area contributed by atoms with E-state index >= 15 is 0 Å². The van der Waals surface area contributed by atoms with E-state index in [-0.39, 0.29) is 23.1 Å². The summed E-state index contributed by atoms with van der Waals surface area (Å²) in [5.41, 5.74) is 4.09. The lowest BCUT2D eigenvalue weighted by atomic mass is 9.76. The van der Waals surface area contributed by atoms with E-state index in [0.717, 1.165) is 30.0 Å². The second-order valence-electron chi connectivity index (χ2n) is 10.6. The van der Waals surface area contributed by atoms with E-state index in [2.05, 4.69) is 17.3 Å². The van der Waals surface area contributed by atoms with Crippen LogP contribution in [0.15, 0.2) is 102 Å². The van der Waals surface area contributed by atoms with Gasteiger partial charge in [-0.05, 0) is 72.2 Å². The van der Waals surface area contributed by atoms with Gasteiger partial charge in [0.2, 0.25) is 5.91 Å².